The van der Waals surface area contributed by atoms with Crippen LogP contribution in [0.5, 0.6) is 0 Å². The molecule has 1 fully saturated rings. The number of hydrogen-bond acceptors (Lipinski definition) is 4. The molecule has 184 valence electrons. The number of carbonyl (C=O) groups excluding carboxylic acids is 1. The van der Waals surface area contributed by atoms with Gasteiger partial charge in [0, 0.05) is 35.5 Å². The van der Waals surface area contributed by atoms with Gasteiger partial charge < -0.3 is 4.90 Å². The van der Waals surface area contributed by atoms with Crippen molar-refractivity contribution < 1.29 is 18.0 Å². The van der Waals surface area contributed by atoms with Crippen molar-refractivity contribution in [3.8, 4) is 16.9 Å². The second kappa shape index (κ2) is 8.32. The molecule has 1 saturated heterocycles. The van der Waals surface area contributed by atoms with Crippen LogP contribution >= 0.6 is 0 Å². The largest absolute Gasteiger partial charge is 0.327 e. The van der Waals surface area contributed by atoms with Crippen LogP contribution in [0.2, 0.25) is 0 Å². The lowest BCUT2D eigenvalue weighted by Gasteiger charge is -2.45. The van der Waals surface area contributed by atoms with Gasteiger partial charge in [0.15, 0.2) is 17.5 Å². The van der Waals surface area contributed by atoms with E-state index in [0.717, 1.165) is 53.9 Å². The lowest BCUT2D eigenvalue weighted by Crippen LogP contribution is -2.49. The quantitative estimate of drug-likeness (QED) is 0.390. The van der Waals surface area contributed by atoms with Crippen LogP contribution in [0.4, 0.5) is 13.2 Å². The van der Waals surface area contributed by atoms with E-state index in [0.29, 0.717) is 17.7 Å². The minimum absolute atomic E-state index is 0.0827. The zero-order valence-electron chi connectivity index (χ0n) is 19.8. The summed E-state index contributed by atoms with van der Waals surface area (Å²) in [7, 11) is 1.70. The van der Waals surface area contributed by atoms with Crippen molar-refractivity contribution in [1.82, 2.24) is 29.4 Å². The summed E-state index contributed by atoms with van der Waals surface area (Å²) in [6.07, 6.45) is 6.17. The molecule has 36 heavy (non-hydrogen) atoms. The molecule has 0 spiro atoms. The zero-order valence-corrected chi connectivity index (χ0v) is 19.8. The first-order valence-corrected chi connectivity index (χ1v) is 11.8. The van der Waals surface area contributed by atoms with Crippen LogP contribution in [0.1, 0.15) is 52.5 Å². The summed E-state index contributed by atoms with van der Waals surface area (Å²) in [6, 6.07) is 7.33. The average Bonchev–Trinajstić information content (AvgIpc) is 3.49. The molecular weight excluding hydrogens is 469 g/mol. The summed E-state index contributed by atoms with van der Waals surface area (Å²) >= 11 is 0. The van der Waals surface area contributed by atoms with E-state index in [2.05, 4.69) is 10.2 Å². The third-order valence-electron chi connectivity index (χ3n) is 7.19. The van der Waals surface area contributed by atoms with Crippen LogP contribution in [0.15, 0.2) is 43.0 Å². The van der Waals surface area contributed by atoms with Gasteiger partial charge >= 0.3 is 0 Å². The van der Waals surface area contributed by atoms with Gasteiger partial charge in [-0.15, -0.1) is 10.2 Å². The second-order valence-electron chi connectivity index (χ2n) is 9.53. The van der Waals surface area contributed by atoms with Crippen molar-refractivity contribution in [2.24, 2.45) is 7.05 Å². The van der Waals surface area contributed by atoms with E-state index in [4.69, 9.17) is 5.10 Å². The highest BCUT2D eigenvalue weighted by molar-refractivity contribution is 5.96. The van der Waals surface area contributed by atoms with Gasteiger partial charge in [-0.3, -0.25) is 14.0 Å². The summed E-state index contributed by atoms with van der Waals surface area (Å²) in [6.45, 7) is 1.94. The lowest BCUT2D eigenvalue weighted by atomic mass is 9.81. The Balaban J connectivity index is 1.41. The van der Waals surface area contributed by atoms with Gasteiger partial charge in [0.25, 0.3) is 5.91 Å². The molecule has 2 aromatic heterocycles. The van der Waals surface area contributed by atoms with Crippen LogP contribution in [0, 0.1) is 24.4 Å². The normalized spacial score (nSPS) is 18.9. The molecule has 0 saturated carbocycles. The SMILES string of the molecule is Cc1cc(C(=O)N2C3CCCC2c2nn(C)c(-c4cc(F)c(F)c(F)c4)c2C3)cc(-n2cnnc2)c1. The smallest absolute Gasteiger partial charge is 0.254 e. The van der Waals surface area contributed by atoms with Crippen molar-refractivity contribution in [3.63, 3.8) is 0 Å². The summed E-state index contributed by atoms with van der Waals surface area (Å²) in [5.74, 6) is -4.06. The number of halogens is 3. The molecular formula is C26H23F3N6O. The molecule has 2 aliphatic rings. The van der Waals surface area contributed by atoms with Gasteiger partial charge in [0.05, 0.1) is 17.4 Å². The predicted molar refractivity (Wildman–Crippen MR) is 125 cm³/mol. The number of rotatable bonds is 3. The van der Waals surface area contributed by atoms with Gasteiger partial charge in [-0.05, 0) is 68.5 Å². The summed E-state index contributed by atoms with van der Waals surface area (Å²) in [4.78, 5) is 15.8. The first-order valence-electron chi connectivity index (χ1n) is 11.8. The number of hydrogen-bond donors (Lipinski definition) is 0. The Hall–Kier alpha value is -3.95. The number of benzene rings is 2. The topological polar surface area (TPSA) is 68.8 Å². The molecule has 2 unspecified atom stereocenters. The van der Waals surface area contributed by atoms with Crippen LogP contribution in [0.3, 0.4) is 0 Å². The maximum atomic E-state index is 14.0. The molecule has 0 radical (unpaired) electrons. The van der Waals surface area contributed by atoms with E-state index in [1.54, 1.807) is 29.0 Å². The van der Waals surface area contributed by atoms with Gasteiger partial charge in [0.1, 0.15) is 12.7 Å². The maximum Gasteiger partial charge on any atom is 0.254 e. The summed E-state index contributed by atoms with van der Waals surface area (Å²) in [5.41, 5.74) is 4.68. The number of nitrogens with zero attached hydrogens (tertiary/aromatic N) is 6. The van der Waals surface area contributed by atoms with Crippen molar-refractivity contribution >= 4 is 5.91 Å². The van der Waals surface area contributed by atoms with E-state index in [1.165, 1.54) is 0 Å². The summed E-state index contributed by atoms with van der Waals surface area (Å²) < 4.78 is 45.0. The van der Waals surface area contributed by atoms with Gasteiger partial charge in [-0.25, -0.2) is 13.2 Å². The predicted octanol–water partition coefficient (Wildman–Crippen LogP) is 4.69. The number of piperidine rings is 1. The Morgan fingerprint density at radius 1 is 1.00 bits per heavy atom. The molecule has 0 aliphatic carbocycles. The highest BCUT2D eigenvalue weighted by Crippen LogP contribution is 2.45. The molecule has 1 amide bonds. The van der Waals surface area contributed by atoms with Crippen molar-refractivity contribution in [1.29, 1.82) is 0 Å². The van der Waals surface area contributed by atoms with E-state index in [9.17, 15) is 18.0 Å². The van der Waals surface area contributed by atoms with Gasteiger partial charge in [-0.2, -0.15) is 5.10 Å². The van der Waals surface area contributed by atoms with E-state index in [1.807, 2.05) is 30.0 Å². The Labute approximate surface area is 205 Å². The van der Waals surface area contributed by atoms with E-state index in [-0.39, 0.29) is 23.6 Å². The molecule has 7 nitrogen and oxygen atoms in total. The average molecular weight is 493 g/mol. The second-order valence-corrected chi connectivity index (χ2v) is 9.53. The fourth-order valence-electron chi connectivity index (χ4n) is 5.72. The fourth-order valence-corrected chi connectivity index (χ4v) is 5.72. The Kier molecular flexibility index (Phi) is 5.20. The number of aryl methyl sites for hydroxylation is 2. The zero-order chi connectivity index (χ0) is 25.1. The minimum Gasteiger partial charge on any atom is -0.327 e. The van der Waals surface area contributed by atoms with Gasteiger partial charge in [0.2, 0.25) is 0 Å². The molecule has 10 heteroatoms. The molecule has 4 aromatic rings. The highest BCUT2D eigenvalue weighted by Gasteiger charge is 2.43. The number of fused-ring (bicyclic) bond motifs is 4. The Bertz CT molecular complexity index is 1470. The number of aromatic nitrogens is 5. The monoisotopic (exact) mass is 492 g/mol. The first kappa shape index (κ1) is 22.5. The molecule has 0 N–H and O–H groups in total. The third-order valence-corrected chi connectivity index (χ3v) is 7.19. The molecule has 6 rings (SSSR count). The Morgan fingerprint density at radius 2 is 1.72 bits per heavy atom. The molecule has 2 aliphatic heterocycles. The molecule has 4 heterocycles. The minimum atomic E-state index is -1.49. The standard InChI is InChI=1S/C26H23F3N6O/c1-14-6-16(8-18(7-14)34-12-30-31-13-34)26(36)35-17-4-3-5-22(35)24-19(11-17)25(33(2)32-24)15-9-20(27)23(29)21(28)10-15/h6-10,12-13,17,22H,3-5,11H2,1-2H3. The lowest BCUT2D eigenvalue weighted by molar-refractivity contribution is 0.0391. The van der Waals surface area contributed by atoms with E-state index < -0.39 is 17.5 Å². The van der Waals surface area contributed by atoms with Crippen LogP contribution in [0.25, 0.3) is 16.9 Å². The van der Waals surface area contributed by atoms with Crippen molar-refractivity contribution in [2.45, 2.75) is 44.7 Å². The molecule has 2 bridgehead atoms. The summed E-state index contributed by atoms with van der Waals surface area (Å²) in [5, 5.41) is 12.4. The Morgan fingerprint density at radius 3 is 2.44 bits per heavy atom. The first-order chi connectivity index (χ1) is 17.3. The number of carbonyl (C=O) groups is 1. The van der Waals surface area contributed by atoms with E-state index >= 15 is 0 Å². The number of amides is 1. The fraction of sp³-hybridized carbons (Fsp3) is 0.308. The van der Waals surface area contributed by atoms with Crippen LogP contribution < -0.4 is 0 Å². The van der Waals surface area contributed by atoms with Crippen molar-refractivity contribution in [3.05, 3.63) is 82.8 Å². The third kappa shape index (κ3) is 3.51. The molecule has 2 aromatic carbocycles. The highest BCUT2D eigenvalue weighted by atomic mass is 19.2. The molecule has 2 atom stereocenters. The van der Waals surface area contributed by atoms with Gasteiger partial charge in [-0.1, -0.05) is 0 Å². The van der Waals surface area contributed by atoms with Crippen molar-refractivity contribution in [2.75, 3.05) is 0 Å². The van der Waals surface area contributed by atoms with Crippen LogP contribution in [-0.4, -0.2) is 41.4 Å². The van der Waals surface area contributed by atoms with Crippen LogP contribution in [-0.2, 0) is 13.5 Å². The maximum absolute atomic E-state index is 14.0.